The summed E-state index contributed by atoms with van der Waals surface area (Å²) < 4.78 is 31.9. The molecule has 0 aliphatic carbocycles. The number of halogens is 2. The highest BCUT2D eigenvalue weighted by Gasteiger charge is 2.40. The Morgan fingerprint density at radius 2 is 2.07 bits per heavy atom. The van der Waals surface area contributed by atoms with Gasteiger partial charge in [0, 0.05) is 30.2 Å². The van der Waals surface area contributed by atoms with Crippen molar-refractivity contribution in [3.8, 4) is 0 Å². The van der Waals surface area contributed by atoms with Crippen LogP contribution < -0.4 is 5.69 Å². The number of hydrogen-bond acceptors (Lipinski definition) is 5. The van der Waals surface area contributed by atoms with Crippen LogP contribution in [0.5, 0.6) is 0 Å². The van der Waals surface area contributed by atoms with Crippen molar-refractivity contribution in [1.29, 1.82) is 0 Å². The molecular weight excluding hydrogens is 370 g/mol. The van der Waals surface area contributed by atoms with Gasteiger partial charge in [0.05, 0.1) is 12.6 Å². The Hall–Kier alpha value is -3.40. The summed E-state index contributed by atoms with van der Waals surface area (Å²) in [6.45, 7) is 1.37. The van der Waals surface area contributed by atoms with Crippen LogP contribution in [0.3, 0.4) is 0 Å². The zero-order valence-corrected chi connectivity index (χ0v) is 14.8. The van der Waals surface area contributed by atoms with E-state index in [0.717, 1.165) is 6.07 Å². The van der Waals surface area contributed by atoms with Gasteiger partial charge in [0.1, 0.15) is 35.5 Å². The minimum absolute atomic E-state index is 0.158. The first-order chi connectivity index (χ1) is 13.4. The largest absolute Gasteiger partial charge is 0.381 e. The normalized spacial score (nSPS) is 14.9. The number of nitrogens with zero attached hydrogens (tertiary/aromatic N) is 6. The SMILES string of the molecule is CC(n1ccc2nccn2c1=O)C(O)(Cn1cncn1)c1ccc(F)cc1F. The molecule has 1 aromatic carbocycles. The molecule has 3 heterocycles. The zero-order chi connectivity index (χ0) is 19.9. The first kappa shape index (κ1) is 18.0. The fraction of sp³-hybridized carbons (Fsp3) is 0.222. The van der Waals surface area contributed by atoms with Crippen molar-refractivity contribution < 1.29 is 13.9 Å². The highest BCUT2D eigenvalue weighted by Crippen LogP contribution is 2.36. The lowest BCUT2D eigenvalue weighted by molar-refractivity contribution is -0.0346. The van der Waals surface area contributed by atoms with E-state index in [1.54, 1.807) is 13.0 Å². The number of fused-ring (bicyclic) bond motifs is 1. The van der Waals surface area contributed by atoms with Gasteiger partial charge in [0.15, 0.2) is 0 Å². The van der Waals surface area contributed by atoms with Gasteiger partial charge in [-0.25, -0.2) is 28.2 Å². The number of aliphatic hydroxyl groups is 1. The summed E-state index contributed by atoms with van der Waals surface area (Å²) in [7, 11) is 0. The van der Waals surface area contributed by atoms with E-state index in [9.17, 15) is 18.7 Å². The summed E-state index contributed by atoms with van der Waals surface area (Å²) in [5.41, 5.74) is -2.10. The van der Waals surface area contributed by atoms with Gasteiger partial charge >= 0.3 is 5.69 Å². The molecule has 4 aromatic rings. The number of imidazole rings is 1. The van der Waals surface area contributed by atoms with Gasteiger partial charge in [-0.05, 0) is 19.1 Å². The molecule has 0 aliphatic heterocycles. The van der Waals surface area contributed by atoms with E-state index in [-0.39, 0.29) is 12.1 Å². The molecule has 0 radical (unpaired) electrons. The molecule has 0 aliphatic rings. The van der Waals surface area contributed by atoms with E-state index in [1.807, 2.05) is 0 Å². The Morgan fingerprint density at radius 3 is 2.79 bits per heavy atom. The monoisotopic (exact) mass is 386 g/mol. The lowest BCUT2D eigenvalue weighted by atomic mass is 9.86. The first-order valence-electron chi connectivity index (χ1n) is 8.44. The molecule has 28 heavy (non-hydrogen) atoms. The minimum atomic E-state index is -1.93. The van der Waals surface area contributed by atoms with Crippen LogP contribution in [0.2, 0.25) is 0 Å². The second-order valence-corrected chi connectivity index (χ2v) is 6.48. The maximum absolute atomic E-state index is 14.6. The van der Waals surface area contributed by atoms with Crippen molar-refractivity contribution in [3.05, 3.63) is 83.2 Å². The van der Waals surface area contributed by atoms with Gasteiger partial charge in [-0.3, -0.25) is 8.97 Å². The summed E-state index contributed by atoms with van der Waals surface area (Å²) in [6.07, 6.45) is 7.09. The van der Waals surface area contributed by atoms with Crippen molar-refractivity contribution in [3.63, 3.8) is 0 Å². The van der Waals surface area contributed by atoms with Crippen LogP contribution in [0.15, 0.2) is 60.3 Å². The molecule has 10 heteroatoms. The Labute approximate surface area is 157 Å². The Balaban J connectivity index is 1.88. The fourth-order valence-electron chi connectivity index (χ4n) is 3.30. The van der Waals surface area contributed by atoms with Crippen molar-refractivity contribution in [1.82, 2.24) is 28.7 Å². The van der Waals surface area contributed by atoms with E-state index in [0.29, 0.717) is 11.7 Å². The zero-order valence-electron chi connectivity index (χ0n) is 14.8. The molecule has 4 rings (SSSR count). The fourth-order valence-corrected chi connectivity index (χ4v) is 3.30. The van der Waals surface area contributed by atoms with Crippen LogP contribution in [0.4, 0.5) is 8.78 Å². The lowest BCUT2D eigenvalue weighted by Gasteiger charge is -2.35. The third kappa shape index (κ3) is 2.87. The molecule has 8 nitrogen and oxygen atoms in total. The molecule has 0 saturated heterocycles. The van der Waals surface area contributed by atoms with E-state index >= 15 is 0 Å². The van der Waals surface area contributed by atoms with E-state index in [1.165, 1.54) is 51.0 Å². The molecule has 144 valence electrons. The summed E-state index contributed by atoms with van der Waals surface area (Å²) in [6, 6.07) is 3.58. The number of aromatic nitrogens is 6. The van der Waals surface area contributed by atoms with Crippen molar-refractivity contribution in [2.45, 2.75) is 25.1 Å². The van der Waals surface area contributed by atoms with Crippen LogP contribution in [-0.4, -0.2) is 33.8 Å². The molecule has 2 atom stereocenters. The van der Waals surface area contributed by atoms with Crippen molar-refractivity contribution >= 4 is 5.65 Å². The predicted octanol–water partition coefficient (Wildman–Crippen LogP) is 1.51. The maximum atomic E-state index is 14.6. The van der Waals surface area contributed by atoms with Crippen molar-refractivity contribution in [2.24, 2.45) is 0 Å². The van der Waals surface area contributed by atoms with Gasteiger partial charge in [0.25, 0.3) is 0 Å². The van der Waals surface area contributed by atoms with Crippen LogP contribution in [0, 0.1) is 11.6 Å². The standard InChI is InChI=1S/C18H16F2N6O2/c1-12(25-6-4-16-22-5-7-26(16)17(25)27)18(28,9-24-11-21-10-23-24)14-3-2-13(19)8-15(14)20/h2-8,10-12,28H,9H2,1H3. The average Bonchev–Trinajstić information content (AvgIpc) is 3.33. The summed E-state index contributed by atoms with van der Waals surface area (Å²) in [4.78, 5) is 20.7. The average molecular weight is 386 g/mol. The molecule has 3 aromatic heterocycles. The highest BCUT2D eigenvalue weighted by atomic mass is 19.1. The molecule has 2 unspecified atom stereocenters. The molecule has 0 saturated carbocycles. The quantitative estimate of drug-likeness (QED) is 0.562. The van der Waals surface area contributed by atoms with Gasteiger partial charge in [-0.15, -0.1) is 0 Å². The second kappa shape index (κ2) is 6.64. The Bertz CT molecular complexity index is 1190. The van der Waals surface area contributed by atoms with Gasteiger partial charge in [0.2, 0.25) is 0 Å². The van der Waals surface area contributed by atoms with Gasteiger partial charge < -0.3 is 5.11 Å². The summed E-state index contributed by atoms with van der Waals surface area (Å²) in [5.74, 6) is -1.69. The second-order valence-electron chi connectivity index (χ2n) is 6.48. The Morgan fingerprint density at radius 1 is 1.25 bits per heavy atom. The molecule has 0 spiro atoms. The summed E-state index contributed by atoms with van der Waals surface area (Å²) in [5, 5.41) is 15.5. The third-order valence-corrected chi connectivity index (χ3v) is 4.86. The Kier molecular flexibility index (Phi) is 4.27. The molecule has 0 fully saturated rings. The van der Waals surface area contributed by atoms with Crippen LogP contribution in [0.25, 0.3) is 5.65 Å². The topological polar surface area (TPSA) is 90.2 Å². The van der Waals surface area contributed by atoms with Crippen LogP contribution >= 0.6 is 0 Å². The van der Waals surface area contributed by atoms with E-state index in [4.69, 9.17) is 0 Å². The predicted molar refractivity (Wildman–Crippen MR) is 94.4 cm³/mol. The first-order valence-corrected chi connectivity index (χ1v) is 8.44. The van der Waals surface area contributed by atoms with Gasteiger partial charge in [-0.2, -0.15) is 5.10 Å². The van der Waals surface area contributed by atoms with Crippen LogP contribution in [0.1, 0.15) is 18.5 Å². The maximum Gasteiger partial charge on any atom is 0.334 e. The smallest absolute Gasteiger partial charge is 0.334 e. The van der Waals surface area contributed by atoms with Crippen molar-refractivity contribution in [2.75, 3.05) is 0 Å². The number of hydrogen-bond donors (Lipinski definition) is 1. The number of benzene rings is 1. The minimum Gasteiger partial charge on any atom is -0.381 e. The van der Waals surface area contributed by atoms with E-state index < -0.39 is 29.0 Å². The van der Waals surface area contributed by atoms with E-state index in [2.05, 4.69) is 15.1 Å². The third-order valence-electron chi connectivity index (χ3n) is 4.86. The lowest BCUT2D eigenvalue weighted by Crippen LogP contribution is -2.44. The molecule has 0 bridgehead atoms. The van der Waals surface area contributed by atoms with Crippen LogP contribution in [-0.2, 0) is 12.1 Å². The number of rotatable bonds is 5. The highest BCUT2D eigenvalue weighted by molar-refractivity contribution is 5.36. The molecular formula is C18H16F2N6O2. The molecule has 1 N–H and O–H groups in total. The van der Waals surface area contributed by atoms with Gasteiger partial charge in [-0.1, -0.05) is 6.07 Å². The molecule has 0 amide bonds. The summed E-state index contributed by atoms with van der Waals surface area (Å²) >= 11 is 0.